The van der Waals surface area contributed by atoms with Crippen LogP contribution in [-0.2, 0) is 22.9 Å². The minimum Gasteiger partial charge on any atom is -0.457 e. The van der Waals surface area contributed by atoms with E-state index in [2.05, 4.69) is 174 Å². The summed E-state index contributed by atoms with van der Waals surface area (Å²) in [6.45, 7) is 2.31. The number of para-hydroxylation sites is 3. The van der Waals surface area contributed by atoms with Crippen LogP contribution in [0.3, 0.4) is 0 Å². The molecule has 0 atom stereocenters. The van der Waals surface area contributed by atoms with E-state index < -0.39 is 31.4 Å². The Balaban J connectivity index is 1.07. The minimum atomic E-state index is -3.49. The number of aromatic nitrogens is 3. The number of benzene rings is 9. The van der Waals surface area contributed by atoms with Crippen molar-refractivity contribution in [2.24, 2.45) is 0 Å². The van der Waals surface area contributed by atoms with Gasteiger partial charge in [-0.05, 0) is 120 Å². The maximum atomic E-state index is 8.90. The van der Waals surface area contributed by atoms with Gasteiger partial charge in [0.05, 0.1) is 27.8 Å². The largest absolute Gasteiger partial charge is 0.457 e. The standard InChI is InChI=1S/C72H64N4O/c1-70(2,3)48-37-38-73-66(42-48)76-63-33-16-15-27-58(63)59-36-35-53(44-65(59)76)77-52-24-17-23-51(43-52)74-45-75-68-55(47-39-49(71(4,5)6)41-50(40-47)72(7,8)9)29-19-32-62(68)67-54(46-21-11-10-12-22-46)28-18-30-60(67)56-25-13-14-26-57(56)61-31-20-34-64(74)69(61)75/h10-44H,45H2,1-9H3/i4D3,5D3,6D3. The smallest absolute Gasteiger partial charge is 0.137 e. The second-order valence-corrected chi connectivity index (χ2v) is 22.6. The molecule has 1 aliphatic heterocycles. The lowest BCUT2D eigenvalue weighted by molar-refractivity contribution is 0.483. The SMILES string of the molecule is [2H]C([2H])([2H])C(c1cc(-c2cccc3c4c(-c5ccccc5)cccc4c4ccccc4c4cccc5c4n(c23)CN5c2cccc(Oc3ccc4c5ccccc5n(-c5cc(C(C)(C)C)ccn5)c4c3)c2)cc(C(C)(C)C)c1)(C([2H])([2H])[2H])C([2H])([2H])[2H]. The average Bonchev–Trinajstić information content (AvgIpc) is 0.930. The number of hydrogen-bond acceptors (Lipinski definition) is 3. The Kier molecular flexibility index (Phi) is 9.07. The maximum absolute atomic E-state index is 8.90. The summed E-state index contributed by atoms with van der Waals surface area (Å²) in [7, 11) is 0. The molecule has 0 unspecified atom stereocenters. The fraction of sp³-hybridized carbons (Fsp3) is 0.181. The lowest BCUT2D eigenvalue weighted by Gasteiger charge is -2.27. The topological polar surface area (TPSA) is 35.2 Å². The summed E-state index contributed by atoms with van der Waals surface area (Å²) >= 11 is 0. The van der Waals surface area contributed by atoms with Crippen LogP contribution >= 0.6 is 0 Å². The number of hydrogen-bond donors (Lipinski definition) is 0. The van der Waals surface area contributed by atoms with Crippen molar-refractivity contribution in [3.63, 3.8) is 0 Å². The molecule has 0 bridgehead atoms. The summed E-state index contributed by atoms with van der Waals surface area (Å²) in [5.41, 5.74) is 5.97. The summed E-state index contributed by atoms with van der Waals surface area (Å²) in [6, 6.07) is 69.5. The zero-order valence-electron chi connectivity index (χ0n) is 53.1. The van der Waals surface area contributed by atoms with Crippen molar-refractivity contribution in [1.29, 1.82) is 0 Å². The van der Waals surface area contributed by atoms with Gasteiger partial charge in [-0.2, -0.15) is 0 Å². The van der Waals surface area contributed by atoms with Crippen LogP contribution in [0.5, 0.6) is 11.5 Å². The van der Waals surface area contributed by atoms with Crippen molar-refractivity contribution in [3.8, 4) is 39.6 Å². The van der Waals surface area contributed by atoms with E-state index in [0.29, 0.717) is 28.2 Å². The maximum Gasteiger partial charge on any atom is 0.137 e. The Labute approximate surface area is 464 Å². The molecule has 0 radical (unpaired) electrons. The molecule has 3 aromatic heterocycles. The van der Waals surface area contributed by atoms with E-state index in [-0.39, 0.29) is 17.6 Å². The van der Waals surface area contributed by atoms with Gasteiger partial charge in [-0.25, -0.2) is 4.98 Å². The van der Waals surface area contributed by atoms with Crippen LogP contribution in [0, 0.1) is 0 Å². The number of anilines is 2. The highest BCUT2D eigenvalue weighted by Gasteiger charge is 2.28. The van der Waals surface area contributed by atoms with Crippen molar-refractivity contribution in [3.05, 3.63) is 229 Å². The number of fused-ring (bicyclic) bond motifs is 10. The van der Waals surface area contributed by atoms with Gasteiger partial charge in [0, 0.05) is 63.5 Å². The number of nitrogens with zero attached hydrogens (tertiary/aromatic N) is 4. The molecule has 0 spiro atoms. The molecule has 1 aliphatic rings. The van der Waals surface area contributed by atoms with Crippen LogP contribution < -0.4 is 9.64 Å². The van der Waals surface area contributed by atoms with E-state index in [1.807, 2.05) is 81.6 Å². The van der Waals surface area contributed by atoms with E-state index in [0.717, 1.165) is 93.5 Å². The molecule has 0 fully saturated rings. The normalized spacial score (nSPS) is 15.1. The van der Waals surface area contributed by atoms with Gasteiger partial charge >= 0.3 is 0 Å². The first-order chi connectivity index (χ1) is 40.8. The average molecular weight is 1010 g/mol. The van der Waals surface area contributed by atoms with Crippen LogP contribution in [0.4, 0.5) is 11.4 Å². The predicted molar refractivity (Wildman–Crippen MR) is 326 cm³/mol. The molecule has 4 heterocycles. The highest BCUT2D eigenvalue weighted by atomic mass is 16.5. The van der Waals surface area contributed by atoms with Crippen LogP contribution in [0.2, 0.25) is 0 Å². The molecular weight excluding hydrogens is 937 g/mol. The Morgan fingerprint density at radius 3 is 1.83 bits per heavy atom. The summed E-state index contributed by atoms with van der Waals surface area (Å²) in [4.78, 5) is 7.18. The highest BCUT2D eigenvalue weighted by molar-refractivity contribution is 6.25. The zero-order chi connectivity index (χ0) is 60.5. The van der Waals surface area contributed by atoms with Crippen molar-refractivity contribution in [2.45, 2.75) is 85.0 Å². The van der Waals surface area contributed by atoms with Gasteiger partial charge in [0.1, 0.15) is 24.0 Å². The van der Waals surface area contributed by atoms with Gasteiger partial charge in [-0.15, -0.1) is 0 Å². The molecule has 0 N–H and O–H groups in total. The zero-order valence-corrected chi connectivity index (χ0v) is 44.1. The van der Waals surface area contributed by atoms with E-state index in [1.165, 1.54) is 17.7 Å². The van der Waals surface area contributed by atoms with Gasteiger partial charge < -0.3 is 14.2 Å². The molecule has 12 aromatic rings. The van der Waals surface area contributed by atoms with Crippen LogP contribution in [0.1, 0.15) is 91.1 Å². The number of ether oxygens (including phenoxy) is 1. The molecular formula is C72H64N4O. The Bertz CT molecular complexity index is 4730. The molecule has 0 amide bonds. The molecule has 378 valence electrons. The third kappa shape index (κ3) is 8.28. The lowest BCUT2D eigenvalue weighted by atomic mass is 9.78. The number of pyridine rings is 1. The fourth-order valence-electron chi connectivity index (χ4n) is 11.6. The third-order valence-corrected chi connectivity index (χ3v) is 15.5. The predicted octanol–water partition coefficient (Wildman–Crippen LogP) is 19.8. The molecule has 5 heteroatoms. The second-order valence-electron chi connectivity index (χ2n) is 22.6. The van der Waals surface area contributed by atoms with Gasteiger partial charge in [-0.1, -0.05) is 208 Å². The summed E-state index contributed by atoms with van der Waals surface area (Å²) in [5, 5.41) is 7.99. The van der Waals surface area contributed by atoms with Crippen molar-refractivity contribution >= 4 is 76.5 Å². The van der Waals surface area contributed by atoms with E-state index >= 15 is 0 Å². The van der Waals surface area contributed by atoms with Gasteiger partial charge in [0.25, 0.3) is 0 Å². The van der Waals surface area contributed by atoms with Crippen LogP contribution in [0.15, 0.2) is 212 Å². The summed E-state index contributed by atoms with van der Waals surface area (Å²) in [6.07, 6.45) is 1.88. The van der Waals surface area contributed by atoms with Crippen LogP contribution in [0.25, 0.3) is 93.2 Å². The molecule has 0 saturated carbocycles. The van der Waals surface area contributed by atoms with Crippen molar-refractivity contribution in [2.75, 3.05) is 4.90 Å². The first-order valence-corrected chi connectivity index (χ1v) is 26.4. The summed E-state index contributed by atoms with van der Waals surface area (Å²) < 4.78 is 91.6. The van der Waals surface area contributed by atoms with Crippen molar-refractivity contribution < 1.29 is 17.1 Å². The molecule has 13 rings (SSSR count). The van der Waals surface area contributed by atoms with Crippen LogP contribution in [-0.4, -0.2) is 14.1 Å². The third-order valence-electron chi connectivity index (χ3n) is 15.5. The molecule has 77 heavy (non-hydrogen) atoms. The Morgan fingerprint density at radius 2 is 1.06 bits per heavy atom. The van der Waals surface area contributed by atoms with E-state index in [9.17, 15) is 0 Å². The molecule has 9 aromatic carbocycles. The van der Waals surface area contributed by atoms with Crippen molar-refractivity contribution in [1.82, 2.24) is 14.1 Å². The lowest BCUT2D eigenvalue weighted by Crippen LogP contribution is -2.17. The van der Waals surface area contributed by atoms with Gasteiger partial charge in [0.15, 0.2) is 0 Å². The monoisotopic (exact) mass is 1010 g/mol. The molecule has 0 aliphatic carbocycles. The fourth-order valence-corrected chi connectivity index (χ4v) is 11.6. The summed E-state index contributed by atoms with van der Waals surface area (Å²) in [5.74, 6) is 2.09. The Morgan fingerprint density at radius 1 is 0.442 bits per heavy atom. The van der Waals surface area contributed by atoms with Gasteiger partial charge in [-0.3, -0.25) is 4.57 Å². The van der Waals surface area contributed by atoms with Gasteiger partial charge in [0.2, 0.25) is 0 Å². The first kappa shape index (κ1) is 38.8. The second kappa shape index (κ2) is 18.0. The van der Waals surface area contributed by atoms with E-state index in [4.69, 9.17) is 22.1 Å². The molecule has 0 saturated heterocycles. The highest BCUT2D eigenvalue weighted by Crippen LogP contribution is 2.47. The quantitative estimate of drug-likeness (QED) is 0.166. The number of rotatable bonds is 6. The minimum absolute atomic E-state index is 0.0856. The van der Waals surface area contributed by atoms with E-state index in [1.54, 1.807) is 0 Å². The molecule has 5 nitrogen and oxygen atoms in total. The Hall–Kier alpha value is -8.67. The first-order valence-electron chi connectivity index (χ1n) is 30.9.